The number of carbonyl (C=O) groups is 2. The van der Waals surface area contributed by atoms with Gasteiger partial charge in [-0.2, -0.15) is 0 Å². The van der Waals surface area contributed by atoms with Gasteiger partial charge in [-0.1, -0.05) is 42.6 Å². The standard InChI is InChI=1S/C31H35ClFN3O4S/c1-21-8-15-28(18-22(21)2)36(41(39,40)29-16-11-25(32)12-17-29)20-30(37)35(19-24-9-13-26(33)14-10-24)23(3)31(38)34-27-6-4-5-7-27/h8-18,23,27H,4-7,19-20H2,1-3H3,(H,34,38). The normalized spacial score (nSPS) is 14.5. The van der Waals surface area contributed by atoms with Crippen molar-refractivity contribution in [3.8, 4) is 0 Å². The molecule has 0 aromatic heterocycles. The van der Waals surface area contributed by atoms with E-state index in [4.69, 9.17) is 11.6 Å². The number of benzene rings is 3. The highest BCUT2D eigenvalue weighted by atomic mass is 35.5. The molecule has 1 unspecified atom stereocenters. The smallest absolute Gasteiger partial charge is 0.264 e. The third kappa shape index (κ3) is 7.45. The number of sulfonamides is 1. The van der Waals surface area contributed by atoms with Crippen LogP contribution in [0.5, 0.6) is 0 Å². The van der Waals surface area contributed by atoms with Crippen LogP contribution in [0, 0.1) is 19.7 Å². The van der Waals surface area contributed by atoms with E-state index in [2.05, 4.69) is 5.32 Å². The predicted octanol–water partition coefficient (Wildman–Crippen LogP) is 5.77. The van der Waals surface area contributed by atoms with E-state index < -0.39 is 34.3 Å². The first-order valence-corrected chi connectivity index (χ1v) is 15.5. The van der Waals surface area contributed by atoms with Gasteiger partial charge in [0, 0.05) is 17.6 Å². The Kier molecular flexibility index (Phi) is 9.71. The number of halogens is 2. The zero-order chi connectivity index (χ0) is 29.7. The van der Waals surface area contributed by atoms with E-state index >= 15 is 0 Å². The average Bonchev–Trinajstić information content (AvgIpc) is 3.45. The first kappa shape index (κ1) is 30.5. The van der Waals surface area contributed by atoms with Gasteiger partial charge in [0.25, 0.3) is 10.0 Å². The van der Waals surface area contributed by atoms with Crippen LogP contribution in [0.15, 0.2) is 71.6 Å². The summed E-state index contributed by atoms with van der Waals surface area (Å²) >= 11 is 6.00. The lowest BCUT2D eigenvalue weighted by atomic mass is 10.1. The molecule has 3 aromatic carbocycles. The Morgan fingerprint density at radius 2 is 1.61 bits per heavy atom. The molecule has 0 radical (unpaired) electrons. The van der Waals surface area contributed by atoms with E-state index in [-0.39, 0.29) is 23.4 Å². The van der Waals surface area contributed by atoms with Crippen LogP contribution in [-0.4, -0.2) is 43.8 Å². The number of carbonyl (C=O) groups excluding carboxylic acids is 2. The van der Waals surface area contributed by atoms with Crippen molar-refractivity contribution in [3.05, 3.63) is 94.3 Å². The van der Waals surface area contributed by atoms with Crippen LogP contribution >= 0.6 is 11.6 Å². The summed E-state index contributed by atoms with van der Waals surface area (Å²) < 4.78 is 42.5. The molecule has 0 spiro atoms. The van der Waals surface area contributed by atoms with Crippen molar-refractivity contribution in [1.82, 2.24) is 10.2 Å². The van der Waals surface area contributed by atoms with Gasteiger partial charge in [0.15, 0.2) is 0 Å². The average molecular weight is 600 g/mol. The maximum absolute atomic E-state index is 14.0. The third-order valence-corrected chi connectivity index (χ3v) is 9.63. The van der Waals surface area contributed by atoms with Gasteiger partial charge in [-0.15, -0.1) is 0 Å². The number of anilines is 1. The molecule has 1 aliphatic carbocycles. The first-order valence-electron chi connectivity index (χ1n) is 13.7. The van der Waals surface area contributed by atoms with Crippen molar-refractivity contribution in [1.29, 1.82) is 0 Å². The van der Waals surface area contributed by atoms with E-state index in [1.54, 1.807) is 37.3 Å². The molecule has 1 fully saturated rings. The van der Waals surface area contributed by atoms with E-state index in [9.17, 15) is 22.4 Å². The lowest BCUT2D eigenvalue weighted by Gasteiger charge is -2.32. The van der Waals surface area contributed by atoms with Gasteiger partial charge in [0.1, 0.15) is 18.4 Å². The molecule has 1 atom stereocenters. The highest BCUT2D eigenvalue weighted by Crippen LogP contribution is 2.27. The number of nitrogens with one attached hydrogen (secondary N) is 1. The molecule has 7 nitrogen and oxygen atoms in total. The molecule has 4 rings (SSSR count). The minimum Gasteiger partial charge on any atom is -0.352 e. The second-order valence-electron chi connectivity index (χ2n) is 10.5. The van der Waals surface area contributed by atoms with Crippen LogP contribution in [0.4, 0.5) is 10.1 Å². The quantitative estimate of drug-likeness (QED) is 0.321. The van der Waals surface area contributed by atoms with Crippen LogP contribution in [0.2, 0.25) is 5.02 Å². The molecule has 0 saturated heterocycles. The van der Waals surface area contributed by atoms with Crippen molar-refractivity contribution in [2.45, 2.75) is 70.0 Å². The van der Waals surface area contributed by atoms with Crippen LogP contribution in [0.3, 0.4) is 0 Å². The number of hydrogen-bond donors (Lipinski definition) is 1. The second-order valence-corrected chi connectivity index (χ2v) is 12.8. The van der Waals surface area contributed by atoms with Crippen LogP contribution in [0.25, 0.3) is 0 Å². The molecule has 41 heavy (non-hydrogen) atoms. The number of rotatable bonds is 10. The lowest BCUT2D eigenvalue weighted by molar-refractivity contribution is -0.139. The maximum Gasteiger partial charge on any atom is 0.264 e. The summed E-state index contributed by atoms with van der Waals surface area (Å²) in [7, 11) is -4.20. The Labute approximate surface area is 246 Å². The molecule has 1 N–H and O–H groups in total. The molecule has 1 aliphatic rings. The zero-order valence-corrected chi connectivity index (χ0v) is 25.0. The topological polar surface area (TPSA) is 86.8 Å². The van der Waals surface area contributed by atoms with Crippen LogP contribution in [0.1, 0.15) is 49.3 Å². The Morgan fingerprint density at radius 3 is 2.22 bits per heavy atom. The summed E-state index contributed by atoms with van der Waals surface area (Å²) in [6, 6.07) is 15.7. The van der Waals surface area contributed by atoms with E-state index in [0.29, 0.717) is 16.3 Å². The molecule has 1 saturated carbocycles. The van der Waals surface area contributed by atoms with Gasteiger partial charge < -0.3 is 10.2 Å². The van der Waals surface area contributed by atoms with Crippen molar-refractivity contribution >= 4 is 39.1 Å². The monoisotopic (exact) mass is 599 g/mol. The largest absolute Gasteiger partial charge is 0.352 e. The van der Waals surface area contributed by atoms with Gasteiger partial charge in [0.2, 0.25) is 11.8 Å². The zero-order valence-electron chi connectivity index (χ0n) is 23.4. The number of amides is 2. The highest BCUT2D eigenvalue weighted by Gasteiger charge is 2.33. The van der Waals surface area contributed by atoms with E-state index in [1.807, 2.05) is 13.8 Å². The molecule has 0 aliphatic heterocycles. The Bertz CT molecular complexity index is 1490. The van der Waals surface area contributed by atoms with Crippen molar-refractivity contribution in [2.24, 2.45) is 0 Å². The Balaban J connectivity index is 1.70. The van der Waals surface area contributed by atoms with Crippen LogP contribution in [-0.2, 0) is 26.2 Å². The fourth-order valence-electron chi connectivity index (χ4n) is 4.90. The van der Waals surface area contributed by atoms with E-state index in [1.165, 1.54) is 41.3 Å². The van der Waals surface area contributed by atoms with E-state index in [0.717, 1.165) is 41.1 Å². The molecule has 3 aromatic rings. The molecule has 218 valence electrons. The summed E-state index contributed by atoms with van der Waals surface area (Å²) in [4.78, 5) is 28.6. The van der Waals surface area contributed by atoms with Gasteiger partial charge in [-0.25, -0.2) is 12.8 Å². The minimum atomic E-state index is -4.20. The minimum absolute atomic E-state index is 0.000124. The van der Waals surface area contributed by atoms with Crippen molar-refractivity contribution in [2.75, 3.05) is 10.8 Å². The second kappa shape index (κ2) is 13.0. The molecular weight excluding hydrogens is 565 g/mol. The maximum atomic E-state index is 14.0. The molecule has 10 heteroatoms. The summed E-state index contributed by atoms with van der Waals surface area (Å²) in [5, 5.41) is 3.41. The molecular formula is C31H35ClFN3O4S. The molecule has 2 amide bonds. The summed E-state index contributed by atoms with van der Waals surface area (Å²) in [5.74, 6) is -1.31. The van der Waals surface area contributed by atoms with Gasteiger partial charge >= 0.3 is 0 Å². The highest BCUT2D eigenvalue weighted by molar-refractivity contribution is 7.92. The number of hydrogen-bond acceptors (Lipinski definition) is 4. The molecule has 0 heterocycles. The fourth-order valence-corrected chi connectivity index (χ4v) is 6.44. The van der Waals surface area contributed by atoms with Gasteiger partial charge in [-0.3, -0.25) is 13.9 Å². The first-order chi connectivity index (χ1) is 19.5. The van der Waals surface area contributed by atoms with Crippen molar-refractivity contribution < 1.29 is 22.4 Å². The number of aryl methyl sites for hydroxylation is 2. The lowest BCUT2D eigenvalue weighted by Crippen LogP contribution is -2.52. The van der Waals surface area contributed by atoms with Crippen molar-refractivity contribution in [3.63, 3.8) is 0 Å². The predicted molar refractivity (Wildman–Crippen MR) is 159 cm³/mol. The van der Waals surface area contributed by atoms with Crippen LogP contribution < -0.4 is 9.62 Å². The SMILES string of the molecule is Cc1ccc(N(CC(=O)N(Cc2ccc(F)cc2)C(C)C(=O)NC2CCCC2)S(=O)(=O)c2ccc(Cl)cc2)cc1C. The summed E-state index contributed by atoms with van der Waals surface area (Å²) in [6.45, 7) is 4.86. The van der Waals surface area contributed by atoms with Gasteiger partial charge in [-0.05, 0) is 98.8 Å². The third-order valence-electron chi connectivity index (χ3n) is 7.59. The Hall–Kier alpha value is -3.43. The van der Waals surface area contributed by atoms with Gasteiger partial charge in [0.05, 0.1) is 10.6 Å². The summed E-state index contributed by atoms with van der Waals surface area (Å²) in [5.41, 5.74) is 2.76. The fraction of sp³-hybridized carbons (Fsp3) is 0.355. The summed E-state index contributed by atoms with van der Waals surface area (Å²) in [6.07, 6.45) is 3.82. The number of nitrogens with zero attached hydrogens (tertiary/aromatic N) is 2. The Morgan fingerprint density at radius 1 is 0.976 bits per heavy atom. The molecule has 0 bridgehead atoms.